The average Bonchev–Trinajstić information content (AvgIpc) is 1.41. The first-order valence-corrected chi connectivity index (χ1v) is 1.99. The van der Waals surface area contributed by atoms with Gasteiger partial charge in [0.25, 0.3) is 0 Å². The van der Waals surface area contributed by atoms with Crippen LogP contribution >= 0.6 is 0 Å². The largest absolute Gasteiger partial charge is 2.00 e. The van der Waals surface area contributed by atoms with Gasteiger partial charge >= 0.3 is 45.5 Å². The predicted octanol–water partition coefficient (Wildman–Crippen LogP) is 0.887. The molecule has 0 radical (unpaired) electrons. The van der Waals surface area contributed by atoms with Crippen molar-refractivity contribution in [2.75, 3.05) is 13.2 Å². The Bertz CT molecular complexity index is 21.5. The van der Waals surface area contributed by atoms with E-state index in [0.717, 1.165) is 13.2 Å². The average molecular weight is 164 g/mol. The number of ether oxygens (including phenoxy) is 1. The quantitative estimate of drug-likeness (QED) is 0.550. The van der Waals surface area contributed by atoms with Crippen molar-refractivity contribution in [3.63, 3.8) is 0 Å². The molecule has 0 aromatic heterocycles. The molecule has 0 aromatic carbocycles. The summed E-state index contributed by atoms with van der Waals surface area (Å²) in [7, 11) is 0. The second kappa shape index (κ2) is 9.67. The van der Waals surface area contributed by atoms with Gasteiger partial charge in [-0.3, -0.25) is 0 Å². The van der Waals surface area contributed by atoms with Crippen molar-refractivity contribution in [3.05, 3.63) is 0 Å². The summed E-state index contributed by atoms with van der Waals surface area (Å²) in [5.74, 6) is 0. The fourth-order valence-electron chi connectivity index (χ4n) is 0.204. The van der Waals surface area contributed by atoms with Crippen LogP contribution in [0.3, 0.4) is 0 Å². The second-order valence-corrected chi connectivity index (χ2v) is 0.781. The molecule has 1 nitrogen and oxygen atoms in total. The van der Waals surface area contributed by atoms with Crippen LogP contribution in [0.4, 0.5) is 0 Å². The molecule has 36 valence electrons. The Morgan fingerprint density at radius 2 is 1.67 bits per heavy atom. The normalized spacial score (nSPS) is 7.00. The van der Waals surface area contributed by atoms with Crippen LogP contribution in [-0.4, -0.2) is 58.7 Å². The Morgan fingerprint density at radius 3 is 1.67 bits per heavy atom. The second-order valence-electron chi connectivity index (χ2n) is 0.781. The van der Waals surface area contributed by atoms with Gasteiger partial charge in [-0.05, 0) is 13.8 Å². The van der Waals surface area contributed by atoms with Crippen LogP contribution < -0.4 is 0 Å². The summed E-state index contributed by atoms with van der Waals surface area (Å²) < 4.78 is 4.83. The van der Waals surface area contributed by atoms with E-state index in [1.54, 1.807) is 0 Å². The number of rotatable bonds is 2. The van der Waals surface area contributed by atoms with Crippen molar-refractivity contribution < 1.29 is 7.59 Å². The van der Waals surface area contributed by atoms with E-state index in [4.69, 9.17) is 4.74 Å². The molecular formula is C4H12OSr. The molecular weight excluding hydrogens is 152 g/mol. The zero-order chi connectivity index (χ0) is 4.12. The van der Waals surface area contributed by atoms with Crippen molar-refractivity contribution in [2.24, 2.45) is 0 Å². The van der Waals surface area contributed by atoms with Gasteiger partial charge in [-0.2, -0.15) is 0 Å². The molecule has 0 atom stereocenters. The fraction of sp³-hybridized carbons (Fsp3) is 1.00. The van der Waals surface area contributed by atoms with E-state index in [9.17, 15) is 0 Å². The Morgan fingerprint density at radius 1 is 1.33 bits per heavy atom. The molecule has 0 saturated heterocycles. The van der Waals surface area contributed by atoms with Gasteiger partial charge in [0.15, 0.2) is 0 Å². The van der Waals surface area contributed by atoms with E-state index in [1.807, 2.05) is 13.8 Å². The maximum absolute atomic E-state index is 4.83. The Balaban J connectivity index is -0.0000000267. The molecule has 0 rings (SSSR count). The minimum Gasteiger partial charge on any atom is -1.00 e. The smallest absolute Gasteiger partial charge is 1.00 e. The summed E-state index contributed by atoms with van der Waals surface area (Å²) in [4.78, 5) is 0. The molecule has 0 amide bonds. The van der Waals surface area contributed by atoms with Gasteiger partial charge in [-0.1, -0.05) is 0 Å². The molecule has 0 saturated carbocycles. The number of hydrogen-bond acceptors (Lipinski definition) is 1. The van der Waals surface area contributed by atoms with E-state index < -0.39 is 0 Å². The molecule has 0 bridgehead atoms. The molecule has 0 spiro atoms. The van der Waals surface area contributed by atoms with Gasteiger partial charge in [0, 0.05) is 13.2 Å². The molecule has 0 aliphatic rings. The van der Waals surface area contributed by atoms with Crippen LogP contribution in [0.1, 0.15) is 16.7 Å². The first-order valence-electron chi connectivity index (χ1n) is 1.99. The summed E-state index contributed by atoms with van der Waals surface area (Å²) in [5, 5.41) is 0. The van der Waals surface area contributed by atoms with Crippen molar-refractivity contribution in [2.45, 2.75) is 13.8 Å². The minimum atomic E-state index is 0. The van der Waals surface area contributed by atoms with Crippen LogP contribution in [0.2, 0.25) is 0 Å². The van der Waals surface area contributed by atoms with Gasteiger partial charge in [-0.15, -0.1) is 0 Å². The van der Waals surface area contributed by atoms with Crippen LogP contribution in [0.15, 0.2) is 0 Å². The van der Waals surface area contributed by atoms with Gasteiger partial charge < -0.3 is 7.59 Å². The fourth-order valence-corrected chi connectivity index (χ4v) is 0.204. The molecule has 0 unspecified atom stereocenters. The van der Waals surface area contributed by atoms with E-state index in [0.29, 0.717) is 0 Å². The minimum absolute atomic E-state index is 0. The van der Waals surface area contributed by atoms with Crippen molar-refractivity contribution in [1.29, 1.82) is 0 Å². The van der Waals surface area contributed by atoms with Crippen molar-refractivity contribution in [3.8, 4) is 0 Å². The van der Waals surface area contributed by atoms with Crippen LogP contribution in [0.25, 0.3) is 0 Å². The Kier molecular flexibility index (Phi) is 16.8. The summed E-state index contributed by atoms with van der Waals surface area (Å²) in [5.41, 5.74) is 0. The molecule has 0 aliphatic heterocycles. The third kappa shape index (κ3) is 9.06. The molecule has 2 heteroatoms. The first-order chi connectivity index (χ1) is 2.41. The van der Waals surface area contributed by atoms with Gasteiger partial charge in [0.05, 0.1) is 0 Å². The summed E-state index contributed by atoms with van der Waals surface area (Å²) in [6.45, 7) is 5.67. The third-order valence-electron chi connectivity index (χ3n) is 0.408. The van der Waals surface area contributed by atoms with E-state index in [-0.39, 0.29) is 48.3 Å². The third-order valence-corrected chi connectivity index (χ3v) is 0.408. The summed E-state index contributed by atoms with van der Waals surface area (Å²) in [6, 6.07) is 0. The first kappa shape index (κ1) is 10.4. The standard InChI is InChI=1S/C4H10O.Sr.2H/c1-3-5-4-2;;;/h3-4H2,1-2H3;;;/q;+2;2*-1. The topological polar surface area (TPSA) is 9.23 Å². The Labute approximate surface area is 79.3 Å². The molecule has 0 heterocycles. The monoisotopic (exact) mass is 164 g/mol. The Hall–Kier alpha value is 1.44. The zero-order valence-electron chi connectivity index (χ0n) is 6.53. The van der Waals surface area contributed by atoms with E-state index >= 15 is 0 Å². The molecule has 0 aromatic rings. The summed E-state index contributed by atoms with van der Waals surface area (Å²) >= 11 is 0. The molecule has 6 heavy (non-hydrogen) atoms. The zero-order valence-corrected chi connectivity index (χ0v) is 8.01. The van der Waals surface area contributed by atoms with Gasteiger partial charge in [0.2, 0.25) is 0 Å². The molecule has 0 fully saturated rings. The van der Waals surface area contributed by atoms with E-state index in [2.05, 4.69) is 0 Å². The predicted molar refractivity (Wildman–Crippen MR) is 30.1 cm³/mol. The van der Waals surface area contributed by atoms with Crippen LogP contribution in [0.5, 0.6) is 0 Å². The molecule has 0 N–H and O–H groups in total. The SMILES string of the molecule is CCOCC.[H-].[H-].[Sr+2]. The molecule has 0 aliphatic carbocycles. The van der Waals surface area contributed by atoms with Gasteiger partial charge in [0.1, 0.15) is 0 Å². The van der Waals surface area contributed by atoms with Crippen molar-refractivity contribution in [1.82, 2.24) is 0 Å². The van der Waals surface area contributed by atoms with Gasteiger partial charge in [-0.25, -0.2) is 0 Å². The van der Waals surface area contributed by atoms with Crippen molar-refractivity contribution >= 4 is 45.5 Å². The summed E-state index contributed by atoms with van der Waals surface area (Å²) in [6.07, 6.45) is 0. The maximum atomic E-state index is 4.83. The maximum Gasteiger partial charge on any atom is 2.00 e. The van der Waals surface area contributed by atoms with Crippen LogP contribution in [0, 0.1) is 0 Å². The van der Waals surface area contributed by atoms with E-state index in [1.165, 1.54) is 0 Å². The number of hydrogen-bond donors (Lipinski definition) is 0. The van der Waals surface area contributed by atoms with Crippen LogP contribution in [-0.2, 0) is 4.74 Å².